The van der Waals surface area contributed by atoms with Gasteiger partial charge in [0, 0.05) is 24.2 Å². The van der Waals surface area contributed by atoms with E-state index in [4.69, 9.17) is 0 Å². The summed E-state index contributed by atoms with van der Waals surface area (Å²) >= 11 is 0. The lowest BCUT2D eigenvalue weighted by atomic mass is 10.1. The van der Waals surface area contributed by atoms with Gasteiger partial charge in [-0.2, -0.15) is 4.39 Å². The summed E-state index contributed by atoms with van der Waals surface area (Å²) in [5.74, 6) is -1.03. The Morgan fingerprint density at radius 3 is 2.70 bits per heavy atom. The van der Waals surface area contributed by atoms with E-state index in [1.807, 2.05) is 13.8 Å². The van der Waals surface area contributed by atoms with Gasteiger partial charge in [-0.25, -0.2) is 0 Å². The molecule has 1 amide bonds. The van der Waals surface area contributed by atoms with Crippen LogP contribution in [0, 0.1) is 15.9 Å². The molecule has 0 aliphatic heterocycles. The van der Waals surface area contributed by atoms with Crippen LogP contribution >= 0.6 is 0 Å². The van der Waals surface area contributed by atoms with Gasteiger partial charge in [-0.15, -0.1) is 0 Å². The van der Waals surface area contributed by atoms with Crippen LogP contribution < -0.4 is 5.32 Å². The first-order chi connectivity index (χ1) is 9.31. The molecule has 0 heterocycles. The molecule has 0 atom stereocenters. The van der Waals surface area contributed by atoms with E-state index >= 15 is 0 Å². The summed E-state index contributed by atoms with van der Waals surface area (Å²) in [6.07, 6.45) is 0. The van der Waals surface area contributed by atoms with Gasteiger partial charge in [0.1, 0.15) is 0 Å². The monoisotopic (exact) mass is 283 g/mol. The fourth-order valence-corrected chi connectivity index (χ4v) is 1.79. The predicted molar refractivity (Wildman–Crippen MR) is 72.7 cm³/mol. The number of carbonyl (C=O) groups excluding carboxylic acids is 1. The number of nitro groups is 1. The Kier molecular flexibility index (Phi) is 5.57. The lowest BCUT2D eigenvalue weighted by Crippen LogP contribution is -2.38. The van der Waals surface area contributed by atoms with Crippen LogP contribution in [0.25, 0.3) is 0 Å². The molecule has 110 valence electrons. The average Bonchev–Trinajstić information content (AvgIpc) is 2.29. The highest BCUT2D eigenvalue weighted by Crippen LogP contribution is 2.20. The van der Waals surface area contributed by atoms with E-state index in [1.54, 1.807) is 11.9 Å². The van der Waals surface area contributed by atoms with E-state index in [-0.39, 0.29) is 30.6 Å². The minimum absolute atomic E-state index is 0.0328. The summed E-state index contributed by atoms with van der Waals surface area (Å²) < 4.78 is 13.9. The standard InChI is InChI=1S/C13H18FN3O3/c1-9(2)15-12(18)8-16(3)7-10-5-4-6-11(13(10)14)17(19)20/h4-6,9H,7-8H2,1-3H3,(H,15,18). The Hall–Kier alpha value is -2.02. The van der Waals surface area contributed by atoms with Crippen molar-refractivity contribution in [3.63, 3.8) is 0 Å². The smallest absolute Gasteiger partial charge is 0.305 e. The molecule has 0 aromatic heterocycles. The normalized spacial score (nSPS) is 10.9. The Morgan fingerprint density at radius 1 is 1.50 bits per heavy atom. The second-order valence-corrected chi connectivity index (χ2v) is 4.90. The van der Waals surface area contributed by atoms with Crippen molar-refractivity contribution in [2.75, 3.05) is 13.6 Å². The summed E-state index contributed by atoms with van der Waals surface area (Å²) in [5.41, 5.74) is -0.360. The van der Waals surface area contributed by atoms with E-state index in [2.05, 4.69) is 5.32 Å². The van der Waals surface area contributed by atoms with Crippen LogP contribution in [0.5, 0.6) is 0 Å². The number of likely N-dealkylation sites (N-methyl/N-ethyl adjacent to an activating group) is 1. The van der Waals surface area contributed by atoms with Crippen LogP contribution in [0.4, 0.5) is 10.1 Å². The first-order valence-corrected chi connectivity index (χ1v) is 6.21. The first-order valence-electron chi connectivity index (χ1n) is 6.21. The van der Waals surface area contributed by atoms with Crippen molar-refractivity contribution in [1.29, 1.82) is 0 Å². The predicted octanol–water partition coefficient (Wildman–Crippen LogP) is 1.69. The van der Waals surface area contributed by atoms with Gasteiger partial charge >= 0.3 is 5.69 Å². The highest BCUT2D eigenvalue weighted by Gasteiger charge is 2.18. The third-order valence-corrected chi connectivity index (χ3v) is 2.56. The van der Waals surface area contributed by atoms with Crippen molar-refractivity contribution in [3.05, 3.63) is 39.7 Å². The number of rotatable bonds is 6. The average molecular weight is 283 g/mol. The highest BCUT2D eigenvalue weighted by atomic mass is 19.1. The second kappa shape index (κ2) is 6.95. The van der Waals surface area contributed by atoms with Crippen LogP contribution in [-0.2, 0) is 11.3 Å². The van der Waals surface area contributed by atoms with Gasteiger partial charge in [-0.05, 0) is 20.9 Å². The zero-order valence-corrected chi connectivity index (χ0v) is 11.7. The topological polar surface area (TPSA) is 75.5 Å². The minimum Gasteiger partial charge on any atom is -0.353 e. The number of halogens is 1. The minimum atomic E-state index is -0.853. The fraction of sp³-hybridized carbons (Fsp3) is 0.462. The van der Waals surface area contributed by atoms with Crippen molar-refractivity contribution in [2.45, 2.75) is 26.4 Å². The van der Waals surface area contributed by atoms with E-state index in [0.29, 0.717) is 0 Å². The van der Waals surface area contributed by atoms with E-state index < -0.39 is 16.4 Å². The highest BCUT2D eigenvalue weighted by molar-refractivity contribution is 5.78. The molecular formula is C13H18FN3O3. The Bertz CT molecular complexity index is 506. The third kappa shape index (κ3) is 4.58. The van der Waals surface area contributed by atoms with Gasteiger partial charge in [0.15, 0.2) is 0 Å². The molecule has 0 saturated heterocycles. The lowest BCUT2D eigenvalue weighted by Gasteiger charge is -2.17. The summed E-state index contributed by atoms with van der Waals surface area (Å²) in [7, 11) is 1.65. The molecule has 6 nitrogen and oxygen atoms in total. The number of nitrogens with one attached hydrogen (secondary N) is 1. The zero-order valence-electron chi connectivity index (χ0n) is 11.7. The molecule has 0 bridgehead atoms. The first kappa shape index (κ1) is 16.0. The molecule has 1 aromatic rings. The van der Waals surface area contributed by atoms with E-state index in [1.165, 1.54) is 12.1 Å². The van der Waals surface area contributed by atoms with E-state index in [0.717, 1.165) is 6.07 Å². The molecule has 1 N–H and O–H groups in total. The Morgan fingerprint density at radius 2 is 2.15 bits per heavy atom. The fourth-order valence-electron chi connectivity index (χ4n) is 1.79. The van der Waals surface area contributed by atoms with E-state index in [9.17, 15) is 19.3 Å². The maximum Gasteiger partial charge on any atom is 0.305 e. The Labute approximate surface area is 116 Å². The van der Waals surface area contributed by atoms with Crippen molar-refractivity contribution < 1.29 is 14.1 Å². The lowest BCUT2D eigenvalue weighted by molar-refractivity contribution is -0.387. The Balaban J connectivity index is 2.71. The van der Waals surface area contributed by atoms with Gasteiger partial charge in [0.25, 0.3) is 0 Å². The van der Waals surface area contributed by atoms with Gasteiger partial charge in [0.2, 0.25) is 11.7 Å². The molecule has 7 heteroatoms. The zero-order chi connectivity index (χ0) is 15.3. The molecule has 0 spiro atoms. The maximum absolute atomic E-state index is 13.9. The largest absolute Gasteiger partial charge is 0.353 e. The van der Waals surface area contributed by atoms with Gasteiger partial charge in [-0.3, -0.25) is 19.8 Å². The molecule has 0 aliphatic carbocycles. The molecule has 20 heavy (non-hydrogen) atoms. The molecule has 0 saturated carbocycles. The van der Waals surface area contributed by atoms with Crippen LogP contribution in [0.3, 0.4) is 0 Å². The number of nitrogens with zero attached hydrogens (tertiary/aromatic N) is 2. The summed E-state index contributed by atoms with van der Waals surface area (Å²) in [5, 5.41) is 13.4. The van der Waals surface area contributed by atoms with Crippen molar-refractivity contribution in [1.82, 2.24) is 10.2 Å². The number of hydrogen-bond acceptors (Lipinski definition) is 4. The summed E-state index contributed by atoms with van der Waals surface area (Å²) in [4.78, 5) is 23.0. The van der Waals surface area contributed by atoms with Crippen LogP contribution in [0.1, 0.15) is 19.4 Å². The van der Waals surface area contributed by atoms with Crippen molar-refractivity contribution in [3.8, 4) is 0 Å². The van der Waals surface area contributed by atoms with Gasteiger partial charge in [-0.1, -0.05) is 12.1 Å². The number of amides is 1. The molecular weight excluding hydrogens is 265 g/mol. The molecule has 1 rings (SSSR count). The molecule has 0 aliphatic rings. The summed E-state index contributed by atoms with van der Waals surface area (Å²) in [6.45, 7) is 3.91. The molecule has 0 fully saturated rings. The van der Waals surface area contributed by atoms with Crippen molar-refractivity contribution >= 4 is 11.6 Å². The van der Waals surface area contributed by atoms with Crippen LogP contribution in [0.15, 0.2) is 18.2 Å². The van der Waals surface area contributed by atoms with Crippen molar-refractivity contribution in [2.24, 2.45) is 0 Å². The SMILES string of the molecule is CC(C)NC(=O)CN(C)Cc1cccc([N+](=O)[O-])c1F. The third-order valence-electron chi connectivity index (χ3n) is 2.56. The maximum atomic E-state index is 13.9. The number of nitro benzene ring substituents is 1. The van der Waals surface area contributed by atoms with Gasteiger partial charge in [0.05, 0.1) is 11.5 Å². The number of benzene rings is 1. The van der Waals surface area contributed by atoms with Gasteiger partial charge < -0.3 is 5.32 Å². The second-order valence-electron chi connectivity index (χ2n) is 4.90. The number of carbonyl (C=O) groups is 1. The summed E-state index contributed by atoms with van der Waals surface area (Å²) in [6, 6.07) is 4.05. The van der Waals surface area contributed by atoms with Crippen LogP contribution in [-0.4, -0.2) is 35.4 Å². The molecule has 1 aromatic carbocycles. The van der Waals surface area contributed by atoms with Crippen LogP contribution in [0.2, 0.25) is 0 Å². The molecule has 0 radical (unpaired) electrons. The molecule has 0 unspecified atom stereocenters. The number of hydrogen-bond donors (Lipinski definition) is 1. The quantitative estimate of drug-likeness (QED) is 0.636.